The Bertz CT molecular complexity index is 1580. The number of hydrogen-bond acceptors (Lipinski definition) is 10. The van der Waals surface area contributed by atoms with Gasteiger partial charge < -0.3 is 34.7 Å². The second-order valence-corrected chi connectivity index (χ2v) is 10.0. The summed E-state index contributed by atoms with van der Waals surface area (Å²) < 4.78 is 11.2. The van der Waals surface area contributed by atoms with Crippen LogP contribution >= 0.6 is 11.3 Å². The van der Waals surface area contributed by atoms with Crippen molar-refractivity contribution in [2.45, 2.75) is 6.92 Å². The number of hydrogen-bond donors (Lipinski definition) is 3. The van der Waals surface area contributed by atoms with E-state index in [0.717, 1.165) is 47.9 Å². The maximum absolute atomic E-state index is 13.5. The minimum atomic E-state index is -1.18. The number of anilines is 3. The lowest BCUT2D eigenvalue weighted by Gasteiger charge is -2.34. The molecule has 0 spiro atoms. The SMILES string of the molecule is CCOC(=O)n1nc(NC(=O)c2ccc(N3CCN(C)CC3)cc2NC(=O)c2ccco2)c2cc(C(=O)O)sc21. The van der Waals surface area contributed by atoms with Crippen LogP contribution in [0.15, 0.2) is 47.1 Å². The predicted octanol–water partition coefficient (Wildman–Crippen LogP) is 3.65. The Morgan fingerprint density at radius 1 is 1.07 bits per heavy atom. The van der Waals surface area contributed by atoms with E-state index in [1.807, 2.05) is 7.05 Å². The van der Waals surface area contributed by atoms with Crippen molar-refractivity contribution in [1.82, 2.24) is 14.7 Å². The van der Waals surface area contributed by atoms with Crippen LogP contribution < -0.4 is 15.5 Å². The average molecular weight is 567 g/mol. The van der Waals surface area contributed by atoms with Gasteiger partial charge in [0.05, 0.1) is 29.5 Å². The van der Waals surface area contributed by atoms with Crippen molar-refractivity contribution in [3.63, 3.8) is 0 Å². The first kappa shape index (κ1) is 26.9. The number of rotatable bonds is 7. The van der Waals surface area contributed by atoms with Crippen molar-refractivity contribution in [1.29, 1.82) is 0 Å². The van der Waals surface area contributed by atoms with Gasteiger partial charge in [-0.25, -0.2) is 9.59 Å². The summed E-state index contributed by atoms with van der Waals surface area (Å²) in [5.41, 5.74) is 1.20. The van der Waals surface area contributed by atoms with Gasteiger partial charge in [0.1, 0.15) is 9.71 Å². The number of carboxylic acids is 1. The molecular formula is C26H26N6O7S. The first-order chi connectivity index (χ1) is 19.2. The monoisotopic (exact) mass is 566 g/mol. The van der Waals surface area contributed by atoms with Crippen LogP contribution in [0.1, 0.15) is 37.5 Å². The number of likely N-dealkylation sites (N-methyl/N-ethyl adjacent to an activating group) is 1. The highest BCUT2D eigenvalue weighted by atomic mass is 32.1. The van der Waals surface area contributed by atoms with Crippen molar-refractivity contribution in [2.75, 3.05) is 55.4 Å². The van der Waals surface area contributed by atoms with Crippen LogP contribution in [-0.4, -0.2) is 83.5 Å². The highest BCUT2D eigenvalue weighted by molar-refractivity contribution is 7.20. The Morgan fingerprint density at radius 2 is 1.85 bits per heavy atom. The molecule has 0 bridgehead atoms. The van der Waals surface area contributed by atoms with Crippen molar-refractivity contribution >= 4 is 62.6 Å². The van der Waals surface area contributed by atoms with Gasteiger partial charge in [0.15, 0.2) is 11.6 Å². The standard InChI is InChI=1S/C26H26N6O7S/c1-3-38-26(37)32-24-17(14-20(40-24)25(35)36)21(29-32)28-22(33)16-7-6-15(31-10-8-30(2)9-11-31)13-18(16)27-23(34)19-5-4-12-39-19/h4-7,12-14H,3,8-11H2,1-2H3,(H,27,34)(H,35,36)(H,28,29,33). The molecule has 1 aliphatic rings. The molecule has 1 fully saturated rings. The fourth-order valence-corrected chi connectivity index (χ4v) is 5.22. The summed E-state index contributed by atoms with van der Waals surface area (Å²) in [4.78, 5) is 55.0. The Balaban J connectivity index is 1.49. The summed E-state index contributed by atoms with van der Waals surface area (Å²) in [6.45, 7) is 5.00. The second-order valence-electron chi connectivity index (χ2n) is 9.00. The molecule has 40 heavy (non-hydrogen) atoms. The third-order valence-corrected chi connectivity index (χ3v) is 7.45. The van der Waals surface area contributed by atoms with E-state index in [2.05, 4.69) is 25.5 Å². The number of nitrogens with one attached hydrogen (secondary N) is 2. The number of fused-ring (bicyclic) bond motifs is 1. The van der Waals surface area contributed by atoms with Gasteiger partial charge in [0, 0.05) is 31.9 Å². The molecule has 13 nitrogen and oxygen atoms in total. The van der Waals surface area contributed by atoms with Crippen molar-refractivity contribution in [2.24, 2.45) is 0 Å². The van der Waals surface area contributed by atoms with Crippen molar-refractivity contribution < 1.29 is 33.4 Å². The van der Waals surface area contributed by atoms with Gasteiger partial charge in [-0.05, 0) is 50.4 Å². The maximum Gasteiger partial charge on any atom is 0.436 e. The van der Waals surface area contributed by atoms with Gasteiger partial charge in [-0.2, -0.15) is 4.68 Å². The molecule has 3 aromatic heterocycles. The van der Waals surface area contributed by atoms with Crippen LogP contribution in [0.3, 0.4) is 0 Å². The zero-order chi connectivity index (χ0) is 28.4. The number of thiophene rings is 1. The van der Waals surface area contributed by atoms with Gasteiger partial charge in [0.25, 0.3) is 11.8 Å². The zero-order valence-corrected chi connectivity index (χ0v) is 22.5. The summed E-state index contributed by atoms with van der Waals surface area (Å²) in [6, 6.07) is 9.53. The molecule has 208 valence electrons. The number of furan rings is 1. The summed E-state index contributed by atoms with van der Waals surface area (Å²) in [5, 5.41) is 19.3. The quantitative estimate of drug-likeness (QED) is 0.301. The molecule has 14 heteroatoms. The number of carbonyl (C=O) groups excluding carboxylic acids is 3. The highest BCUT2D eigenvalue weighted by Gasteiger charge is 2.25. The molecule has 4 heterocycles. The Hall–Kier alpha value is -4.69. The molecule has 0 radical (unpaired) electrons. The fraction of sp³-hybridized carbons (Fsp3) is 0.269. The molecular weight excluding hydrogens is 540 g/mol. The molecule has 1 aliphatic heterocycles. The minimum Gasteiger partial charge on any atom is -0.477 e. The van der Waals surface area contributed by atoms with Gasteiger partial charge >= 0.3 is 12.1 Å². The molecule has 0 unspecified atom stereocenters. The van der Waals surface area contributed by atoms with E-state index in [1.165, 1.54) is 18.4 Å². The largest absolute Gasteiger partial charge is 0.477 e. The molecule has 0 atom stereocenters. The third kappa shape index (κ3) is 5.39. The number of amides is 2. The lowest BCUT2D eigenvalue weighted by molar-refractivity contribution is 0.0701. The van der Waals surface area contributed by atoms with Crippen LogP contribution in [-0.2, 0) is 4.74 Å². The lowest BCUT2D eigenvalue weighted by atomic mass is 10.1. The summed E-state index contributed by atoms with van der Waals surface area (Å²) >= 11 is 0.830. The molecule has 0 aliphatic carbocycles. The molecule has 5 rings (SSSR count). The van der Waals surface area contributed by atoms with E-state index in [-0.39, 0.29) is 44.5 Å². The van der Waals surface area contributed by atoms with Crippen LogP contribution in [0.2, 0.25) is 0 Å². The smallest absolute Gasteiger partial charge is 0.436 e. The van der Waals surface area contributed by atoms with Crippen LogP contribution in [0.4, 0.5) is 22.0 Å². The summed E-state index contributed by atoms with van der Waals surface area (Å²) in [5.74, 6) is -2.30. The number of aromatic carboxylic acids is 1. The number of ether oxygens (including phenoxy) is 1. The van der Waals surface area contributed by atoms with E-state index in [4.69, 9.17) is 9.15 Å². The molecule has 1 aromatic carbocycles. The topological polar surface area (TPSA) is 159 Å². The summed E-state index contributed by atoms with van der Waals surface area (Å²) in [6.07, 6.45) is 0.565. The zero-order valence-electron chi connectivity index (χ0n) is 21.7. The maximum atomic E-state index is 13.5. The molecule has 2 amide bonds. The van der Waals surface area contributed by atoms with E-state index < -0.39 is 23.9 Å². The van der Waals surface area contributed by atoms with Crippen molar-refractivity contribution in [3.05, 3.63) is 58.9 Å². The Labute approximate surface area is 231 Å². The second kappa shape index (κ2) is 11.2. The average Bonchev–Trinajstić information content (AvgIpc) is 3.68. The van der Waals surface area contributed by atoms with Crippen LogP contribution in [0.25, 0.3) is 10.2 Å². The fourth-order valence-electron chi connectivity index (χ4n) is 4.28. The number of piperazine rings is 1. The first-order valence-corrected chi connectivity index (χ1v) is 13.2. The van der Waals surface area contributed by atoms with Gasteiger partial charge in [-0.15, -0.1) is 16.4 Å². The number of carbonyl (C=O) groups is 4. The molecule has 4 aromatic rings. The Morgan fingerprint density at radius 3 is 2.52 bits per heavy atom. The van der Waals surface area contributed by atoms with Crippen LogP contribution in [0.5, 0.6) is 0 Å². The summed E-state index contributed by atoms with van der Waals surface area (Å²) in [7, 11) is 2.05. The number of aromatic nitrogens is 2. The molecule has 1 saturated heterocycles. The lowest BCUT2D eigenvalue weighted by Crippen LogP contribution is -2.44. The van der Waals surface area contributed by atoms with E-state index in [0.29, 0.717) is 0 Å². The molecule has 0 saturated carbocycles. The number of carboxylic acid groups (broad SMARTS) is 1. The van der Waals surface area contributed by atoms with E-state index >= 15 is 0 Å². The number of benzene rings is 1. The highest BCUT2D eigenvalue weighted by Crippen LogP contribution is 2.33. The van der Waals surface area contributed by atoms with E-state index in [1.54, 1.807) is 31.2 Å². The first-order valence-electron chi connectivity index (χ1n) is 12.4. The van der Waals surface area contributed by atoms with Crippen LogP contribution in [0, 0.1) is 0 Å². The molecule has 3 N–H and O–H groups in total. The van der Waals surface area contributed by atoms with Crippen molar-refractivity contribution in [3.8, 4) is 0 Å². The van der Waals surface area contributed by atoms with Gasteiger partial charge in [0.2, 0.25) is 0 Å². The van der Waals surface area contributed by atoms with Gasteiger partial charge in [-0.1, -0.05) is 0 Å². The normalized spacial score (nSPS) is 13.8. The Kier molecular flexibility index (Phi) is 7.53. The van der Waals surface area contributed by atoms with E-state index in [9.17, 15) is 24.3 Å². The van der Waals surface area contributed by atoms with Gasteiger partial charge in [-0.3, -0.25) is 9.59 Å². The number of nitrogens with zero attached hydrogens (tertiary/aromatic N) is 4. The third-order valence-electron chi connectivity index (χ3n) is 6.35. The minimum absolute atomic E-state index is 0.0248. The predicted molar refractivity (Wildman–Crippen MR) is 148 cm³/mol.